The zero-order chi connectivity index (χ0) is 16.7. The number of hydrogen-bond donors (Lipinski definition) is 2. The van der Waals surface area contributed by atoms with Crippen LogP contribution in [0.2, 0.25) is 0 Å². The first-order valence-corrected chi connectivity index (χ1v) is 7.20. The molecule has 0 aromatic heterocycles. The van der Waals surface area contributed by atoms with Gasteiger partial charge < -0.3 is 20.5 Å². The molecule has 0 heterocycles. The molecular weight excluding hydrogens is 424 g/mol. The summed E-state index contributed by atoms with van der Waals surface area (Å²) in [6.07, 6.45) is -0.196. The van der Waals surface area contributed by atoms with E-state index in [4.69, 9.17) is 15.2 Å². The number of benzene rings is 2. The fraction of sp³-hybridized carbons (Fsp3) is 0.235. The quantitative estimate of drug-likeness (QED) is 0.405. The summed E-state index contributed by atoms with van der Waals surface area (Å²) in [6, 6.07) is 13.3. The van der Waals surface area contributed by atoms with Gasteiger partial charge in [-0.1, -0.05) is 12.1 Å². The van der Waals surface area contributed by atoms with Gasteiger partial charge in [-0.05, 0) is 43.3 Å². The number of hydrogen-bond acceptors (Lipinski definition) is 3. The molecule has 0 saturated heterocycles. The van der Waals surface area contributed by atoms with Crippen LogP contribution in [0, 0.1) is 5.82 Å². The first-order valence-electron chi connectivity index (χ1n) is 7.20. The van der Waals surface area contributed by atoms with Crippen LogP contribution in [0.4, 0.5) is 10.1 Å². The first kappa shape index (κ1) is 20.0. The van der Waals surface area contributed by atoms with Crippen LogP contribution in [0.25, 0.3) is 0 Å². The lowest BCUT2D eigenvalue weighted by Gasteiger charge is -2.14. The van der Waals surface area contributed by atoms with Crippen molar-refractivity contribution in [1.82, 2.24) is 0 Å². The summed E-state index contributed by atoms with van der Waals surface area (Å²) < 4.78 is 23.7. The third-order valence-corrected chi connectivity index (χ3v) is 3.04. The Bertz CT molecular complexity index is 665. The molecule has 2 aromatic carbocycles. The summed E-state index contributed by atoms with van der Waals surface area (Å²) in [5, 5.41) is 2.99. The minimum atomic E-state index is -0.298. The molecule has 0 aliphatic heterocycles. The van der Waals surface area contributed by atoms with Crippen molar-refractivity contribution < 1.29 is 13.9 Å². The third-order valence-electron chi connectivity index (χ3n) is 3.04. The maximum Gasteiger partial charge on any atom is 0.193 e. The van der Waals surface area contributed by atoms with E-state index in [1.165, 1.54) is 12.1 Å². The lowest BCUT2D eigenvalue weighted by atomic mass is 10.3. The summed E-state index contributed by atoms with van der Waals surface area (Å²) in [5.41, 5.74) is 6.61. The molecule has 7 heteroatoms. The average Bonchev–Trinajstić information content (AvgIpc) is 2.55. The molecule has 24 heavy (non-hydrogen) atoms. The molecule has 0 aliphatic carbocycles. The predicted molar refractivity (Wildman–Crippen MR) is 105 cm³/mol. The van der Waals surface area contributed by atoms with Crippen molar-refractivity contribution in [3.63, 3.8) is 0 Å². The van der Waals surface area contributed by atoms with Crippen molar-refractivity contribution in [2.75, 3.05) is 19.0 Å². The Morgan fingerprint density at radius 3 is 2.54 bits per heavy atom. The van der Waals surface area contributed by atoms with Crippen molar-refractivity contribution >= 4 is 35.6 Å². The number of anilines is 1. The van der Waals surface area contributed by atoms with Crippen molar-refractivity contribution in [1.29, 1.82) is 0 Å². The van der Waals surface area contributed by atoms with Crippen LogP contribution in [-0.2, 0) is 0 Å². The normalized spacial score (nSPS) is 12.0. The molecule has 3 N–H and O–H groups in total. The van der Waals surface area contributed by atoms with Gasteiger partial charge in [-0.25, -0.2) is 9.38 Å². The predicted octanol–water partition coefficient (Wildman–Crippen LogP) is 3.65. The lowest BCUT2D eigenvalue weighted by Crippen LogP contribution is -2.26. The monoisotopic (exact) mass is 445 g/mol. The van der Waals surface area contributed by atoms with E-state index < -0.39 is 0 Å². The molecular formula is C17H21FIN3O2. The molecule has 5 nitrogen and oxygen atoms in total. The molecule has 0 radical (unpaired) electrons. The van der Waals surface area contributed by atoms with Crippen LogP contribution in [0.1, 0.15) is 6.92 Å². The molecule has 0 saturated carbocycles. The number of nitrogens with two attached hydrogens (primary N) is 1. The van der Waals surface area contributed by atoms with E-state index in [-0.39, 0.29) is 41.9 Å². The van der Waals surface area contributed by atoms with E-state index in [0.29, 0.717) is 18.0 Å². The molecule has 0 aliphatic rings. The van der Waals surface area contributed by atoms with Crippen LogP contribution >= 0.6 is 24.0 Å². The van der Waals surface area contributed by atoms with Gasteiger partial charge in [0.2, 0.25) is 0 Å². The molecule has 0 spiro atoms. The molecule has 130 valence electrons. The second-order valence-corrected chi connectivity index (χ2v) is 4.93. The highest BCUT2D eigenvalue weighted by molar-refractivity contribution is 14.0. The van der Waals surface area contributed by atoms with Gasteiger partial charge in [0, 0.05) is 0 Å². The second kappa shape index (κ2) is 9.96. The van der Waals surface area contributed by atoms with Gasteiger partial charge >= 0.3 is 0 Å². The molecule has 1 atom stereocenters. The summed E-state index contributed by atoms with van der Waals surface area (Å²) in [7, 11) is 1.59. The fourth-order valence-electron chi connectivity index (χ4n) is 1.94. The lowest BCUT2D eigenvalue weighted by molar-refractivity contribution is 0.230. The maximum absolute atomic E-state index is 12.8. The zero-order valence-electron chi connectivity index (χ0n) is 13.5. The van der Waals surface area contributed by atoms with E-state index in [1.807, 2.05) is 31.2 Å². The van der Waals surface area contributed by atoms with Crippen molar-refractivity contribution in [3.05, 3.63) is 54.3 Å². The molecule has 0 fully saturated rings. The van der Waals surface area contributed by atoms with E-state index in [0.717, 1.165) is 5.69 Å². The highest BCUT2D eigenvalue weighted by atomic mass is 127. The number of methoxy groups -OCH3 is 1. The van der Waals surface area contributed by atoms with E-state index in [9.17, 15) is 4.39 Å². The second-order valence-electron chi connectivity index (χ2n) is 4.93. The van der Waals surface area contributed by atoms with Crippen molar-refractivity contribution in [2.24, 2.45) is 10.7 Å². The fourth-order valence-corrected chi connectivity index (χ4v) is 1.94. The minimum absolute atomic E-state index is 0. The summed E-state index contributed by atoms with van der Waals surface area (Å²) >= 11 is 0. The van der Waals surface area contributed by atoms with Gasteiger partial charge in [-0.2, -0.15) is 0 Å². The number of para-hydroxylation sites is 2. The largest absolute Gasteiger partial charge is 0.495 e. The van der Waals surface area contributed by atoms with Gasteiger partial charge in [-0.3, -0.25) is 0 Å². The number of rotatable bonds is 6. The third kappa shape index (κ3) is 6.23. The smallest absolute Gasteiger partial charge is 0.193 e. The Labute approximate surface area is 158 Å². The average molecular weight is 445 g/mol. The Kier molecular flexibility index (Phi) is 8.31. The summed E-state index contributed by atoms with van der Waals surface area (Å²) in [4.78, 5) is 4.24. The van der Waals surface area contributed by atoms with E-state index >= 15 is 0 Å². The molecule has 2 rings (SSSR count). The number of nitrogens with zero attached hydrogens (tertiary/aromatic N) is 1. The molecule has 0 amide bonds. The van der Waals surface area contributed by atoms with E-state index in [2.05, 4.69) is 10.3 Å². The van der Waals surface area contributed by atoms with E-state index in [1.54, 1.807) is 19.2 Å². The topological polar surface area (TPSA) is 68.9 Å². The molecule has 1 unspecified atom stereocenters. The molecule has 2 aromatic rings. The van der Waals surface area contributed by atoms with Crippen LogP contribution in [0.3, 0.4) is 0 Å². The Morgan fingerprint density at radius 2 is 1.88 bits per heavy atom. The Balaban J connectivity index is 0.00000288. The van der Waals surface area contributed by atoms with Crippen LogP contribution in [0.15, 0.2) is 53.5 Å². The number of aliphatic imine (C=N–C) groups is 1. The highest BCUT2D eigenvalue weighted by Gasteiger charge is 2.05. The van der Waals surface area contributed by atoms with Crippen LogP contribution in [0.5, 0.6) is 11.5 Å². The van der Waals surface area contributed by atoms with Crippen molar-refractivity contribution in [2.45, 2.75) is 13.0 Å². The standard InChI is InChI=1S/C17H20FN3O2.HI/c1-12(23-14-9-7-13(18)8-10-14)11-20-17(19)21-15-5-3-4-6-16(15)22-2;/h3-10,12H,11H2,1-2H3,(H3,19,20,21);1H. The highest BCUT2D eigenvalue weighted by Crippen LogP contribution is 2.22. The SMILES string of the molecule is COc1ccccc1NC(N)=NCC(C)Oc1ccc(F)cc1.I. The molecule has 0 bridgehead atoms. The maximum atomic E-state index is 12.8. The van der Waals surface area contributed by atoms with Gasteiger partial charge in [0.1, 0.15) is 23.4 Å². The zero-order valence-corrected chi connectivity index (χ0v) is 15.9. The van der Waals surface area contributed by atoms with Gasteiger partial charge in [0.25, 0.3) is 0 Å². The number of guanidine groups is 1. The number of halogens is 2. The Morgan fingerprint density at radius 1 is 1.21 bits per heavy atom. The van der Waals surface area contributed by atoms with Crippen molar-refractivity contribution in [3.8, 4) is 11.5 Å². The number of nitrogens with one attached hydrogen (secondary N) is 1. The van der Waals surface area contributed by atoms with Crippen LogP contribution < -0.4 is 20.5 Å². The van der Waals surface area contributed by atoms with Crippen LogP contribution in [-0.4, -0.2) is 25.7 Å². The summed E-state index contributed by atoms with van der Waals surface area (Å²) in [6.45, 7) is 2.23. The van der Waals surface area contributed by atoms with Gasteiger partial charge in [-0.15, -0.1) is 24.0 Å². The summed E-state index contributed by atoms with van der Waals surface area (Å²) in [5.74, 6) is 1.24. The van der Waals surface area contributed by atoms with Gasteiger partial charge in [0.15, 0.2) is 5.96 Å². The van der Waals surface area contributed by atoms with Gasteiger partial charge in [0.05, 0.1) is 19.3 Å². The first-order chi connectivity index (χ1) is 11.1. The Hall–Kier alpha value is -2.03. The number of ether oxygens (including phenoxy) is 2. The minimum Gasteiger partial charge on any atom is -0.495 e.